The first kappa shape index (κ1) is 13.2. The Kier molecular flexibility index (Phi) is 4.10. The lowest BCUT2D eigenvalue weighted by Gasteiger charge is -2.45. The van der Waals surface area contributed by atoms with E-state index in [1.165, 1.54) is 0 Å². The number of nitrogens with one attached hydrogen (secondary N) is 1. The Hall–Kier alpha value is -0.870. The second-order valence-electron chi connectivity index (χ2n) is 5.25. The van der Waals surface area contributed by atoms with Crippen LogP contribution in [0.3, 0.4) is 0 Å². The molecule has 1 aliphatic rings. The summed E-state index contributed by atoms with van der Waals surface area (Å²) >= 11 is 0. The molecule has 1 heterocycles. The number of amides is 1. The first-order valence-corrected chi connectivity index (χ1v) is 5.69. The van der Waals surface area contributed by atoms with Gasteiger partial charge in [-0.3, -0.25) is 4.79 Å². The first-order chi connectivity index (χ1) is 7.38. The average Bonchev–Trinajstić information content (AvgIpc) is 2.17. The molecule has 1 atom stereocenters. The Morgan fingerprint density at radius 1 is 1.62 bits per heavy atom. The second-order valence-corrected chi connectivity index (χ2v) is 5.25. The van der Waals surface area contributed by atoms with E-state index in [0.29, 0.717) is 6.54 Å². The average molecular weight is 225 g/mol. The molecular formula is C12H23N3O. The van der Waals surface area contributed by atoms with Crippen molar-refractivity contribution in [1.82, 2.24) is 15.1 Å². The second kappa shape index (κ2) is 4.97. The fraction of sp³-hybridized carbons (Fsp3) is 0.750. The van der Waals surface area contributed by atoms with Crippen molar-refractivity contribution < 1.29 is 4.79 Å². The van der Waals surface area contributed by atoms with Crippen molar-refractivity contribution >= 4 is 5.91 Å². The number of likely N-dealkylation sites (N-methyl/N-ethyl adjacent to an activating group) is 1. The van der Waals surface area contributed by atoms with Crippen LogP contribution in [0.1, 0.15) is 13.8 Å². The molecule has 4 nitrogen and oxygen atoms in total. The molecule has 1 aliphatic heterocycles. The van der Waals surface area contributed by atoms with E-state index in [0.717, 1.165) is 13.1 Å². The van der Waals surface area contributed by atoms with Crippen LogP contribution in [0.4, 0.5) is 0 Å². The van der Waals surface area contributed by atoms with Crippen molar-refractivity contribution in [3.63, 3.8) is 0 Å². The maximum absolute atomic E-state index is 12.3. The van der Waals surface area contributed by atoms with Crippen LogP contribution in [0, 0.1) is 0 Å². The van der Waals surface area contributed by atoms with E-state index in [9.17, 15) is 4.79 Å². The zero-order chi connectivity index (χ0) is 12.3. The third-order valence-electron chi connectivity index (χ3n) is 2.94. The number of rotatable bonds is 4. The van der Waals surface area contributed by atoms with E-state index in [1.54, 1.807) is 6.08 Å². The maximum atomic E-state index is 12.3. The van der Waals surface area contributed by atoms with Gasteiger partial charge < -0.3 is 15.1 Å². The topological polar surface area (TPSA) is 35.6 Å². The van der Waals surface area contributed by atoms with E-state index < -0.39 is 0 Å². The Balaban J connectivity index is 2.76. The van der Waals surface area contributed by atoms with Crippen LogP contribution >= 0.6 is 0 Å². The Labute approximate surface area is 98.3 Å². The molecule has 0 spiro atoms. The van der Waals surface area contributed by atoms with Gasteiger partial charge in [0, 0.05) is 19.6 Å². The van der Waals surface area contributed by atoms with Gasteiger partial charge in [0.05, 0.1) is 11.6 Å². The molecule has 0 bridgehead atoms. The predicted octanol–water partition coefficient (Wildman–Crippen LogP) is 0.313. The molecular weight excluding hydrogens is 202 g/mol. The fourth-order valence-electron chi connectivity index (χ4n) is 2.02. The highest BCUT2D eigenvalue weighted by Gasteiger charge is 2.39. The van der Waals surface area contributed by atoms with Crippen molar-refractivity contribution in [2.75, 3.05) is 33.7 Å². The molecule has 1 unspecified atom stereocenters. The van der Waals surface area contributed by atoms with Crippen LogP contribution in [0.5, 0.6) is 0 Å². The van der Waals surface area contributed by atoms with Gasteiger partial charge in [-0.15, -0.1) is 6.58 Å². The van der Waals surface area contributed by atoms with Crippen LogP contribution < -0.4 is 5.32 Å². The van der Waals surface area contributed by atoms with Gasteiger partial charge in [-0.25, -0.2) is 0 Å². The molecule has 0 aromatic heterocycles. The summed E-state index contributed by atoms with van der Waals surface area (Å²) in [6.07, 6.45) is 1.79. The van der Waals surface area contributed by atoms with E-state index in [2.05, 4.69) is 25.7 Å². The summed E-state index contributed by atoms with van der Waals surface area (Å²) in [4.78, 5) is 16.2. The van der Waals surface area contributed by atoms with Gasteiger partial charge in [-0.2, -0.15) is 0 Å². The maximum Gasteiger partial charge on any atom is 0.241 e. The summed E-state index contributed by atoms with van der Waals surface area (Å²) < 4.78 is 0. The van der Waals surface area contributed by atoms with Crippen molar-refractivity contribution in [2.45, 2.75) is 25.4 Å². The number of carbonyl (C=O) groups is 1. The lowest BCUT2D eigenvalue weighted by Crippen LogP contribution is -2.66. The van der Waals surface area contributed by atoms with E-state index in [1.807, 2.05) is 23.9 Å². The number of hydrogen-bond donors (Lipinski definition) is 1. The molecule has 0 aromatic carbocycles. The standard InChI is InChI=1S/C12H23N3O/c1-6-7-15-11(16)10(8-14(4)5)13-9-12(15,2)3/h6,10,13H,1,7-9H2,2-5H3. The predicted molar refractivity (Wildman–Crippen MR) is 66.3 cm³/mol. The third kappa shape index (κ3) is 2.83. The molecule has 1 amide bonds. The lowest BCUT2D eigenvalue weighted by molar-refractivity contribution is -0.142. The molecule has 92 valence electrons. The molecule has 0 aromatic rings. The molecule has 0 aliphatic carbocycles. The van der Waals surface area contributed by atoms with E-state index in [-0.39, 0.29) is 17.5 Å². The highest BCUT2D eigenvalue weighted by molar-refractivity contribution is 5.84. The van der Waals surface area contributed by atoms with Crippen molar-refractivity contribution in [3.05, 3.63) is 12.7 Å². The minimum atomic E-state index is -0.131. The number of piperazine rings is 1. The van der Waals surface area contributed by atoms with Crippen molar-refractivity contribution in [2.24, 2.45) is 0 Å². The quantitative estimate of drug-likeness (QED) is 0.700. The van der Waals surface area contributed by atoms with Gasteiger partial charge in [0.25, 0.3) is 0 Å². The number of nitrogens with zero attached hydrogens (tertiary/aromatic N) is 2. The van der Waals surface area contributed by atoms with Crippen molar-refractivity contribution in [3.8, 4) is 0 Å². The van der Waals surface area contributed by atoms with E-state index in [4.69, 9.17) is 0 Å². The van der Waals surface area contributed by atoms with Gasteiger partial charge in [-0.1, -0.05) is 6.08 Å². The van der Waals surface area contributed by atoms with Gasteiger partial charge in [0.1, 0.15) is 0 Å². The van der Waals surface area contributed by atoms with Gasteiger partial charge in [-0.05, 0) is 27.9 Å². The molecule has 1 fully saturated rings. The van der Waals surface area contributed by atoms with Crippen LogP contribution in [0.2, 0.25) is 0 Å². The number of hydrogen-bond acceptors (Lipinski definition) is 3. The largest absolute Gasteiger partial charge is 0.331 e. The minimum absolute atomic E-state index is 0.0945. The van der Waals surface area contributed by atoms with Crippen molar-refractivity contribution in [1.29, 1.82) is 0 Å². The highest BCUT2D eigenvalue weighted by Crippen LogP contribution is 2.19. The summed E-state index contributed by atoms with van der Waals surface area (Å²) in [5, 5.41) is 3.31. The number of carbonyl (C=O) groups excluding carboxylic acids is 1. The molecule has 1 N–H and O–H groups in total. The highest BCUT2D eigenvalue weighted by atomic mass is 16.2. The molecule has 4 heteroatoms. The van der Waals surface area contributed by atoms with E-state index >= 15 is 0 Å². The molecule has 0 radical (unpaired) electrons. The lowest BCUT2D eigenvalue weighted by atomic mass is 9.96. The van der Waals surface area contributed by atoms with Crippen LogP contribution in [-0.4, -0.2) is 61.0 Å². The van der Waals surface area contributed by atoms with Gasteiger partial charge in [0.2, 0.25) is 5.91 Å². The summed E-state index contributed by atoms with van der Waals surface area (Å²) in [7, 11) is 3.96. The van der Waals surface area contributed by atoms with Crippen LogP contribution in [0.15, 0.2) is 12.7 Å². The molecule has 16 heavy (non-hydrogen) atoms. The molecule has 1 rings (SSSR count). The van der Waals surface area contributed by atoms with Gasteiger partial charge >= 0.3 is 0 Å². The Bertz CT molecular complexity index is 273. The first-order valence-electron chi connectivity index (χ1n) is 5.69. The zero-order valence-corrected chi connectivity index (χ0v) is 10.8. The Morgan fingerprint density at radius 2 is 2.25 bits per heavy atom. The smallest absolute Gasteiger partial charge is 0.241 e. The summed E-state index contributed by atoms with van der Waals surface area (Å²) in [6, 6.07) is -0.0945. The van der Waals surface area contributed by atoms with Gasteiger partial charge in [0.15, 0.2) is 0 Å². The zero-order valence-electron chi connectivity index (χ0n) is 10.8. The fourth-order valence-corrected chi connectivity index (χ4v) is 2.02. The Morgan fingerprint density at radius 3 is 2.75 bits per heavy atom. The third-order valence-corrected chi connectivity index (χ3v) is 2.94. The van der Waals surface area contributed by atoms with Crippen LogP contribution in [0.25, 0.3) is 0 Å². The summed E-state index contributed by atoms with van der Waals surface area (Å²) in [5.74, 6) is 0.171. The monoisotopic (exact) mass is 225 g/mol. The summed E-state index contributed by atoms with van der Waals surface area (Å²) in [6.45, 7) is 10.1. The normalized spacial score (nSPS) is 24.9. The summed E-state index contributed by atoms with van der Waals surface area (Å²) in [5.41, 5.74) is -0.131. The minimum Gasteiger partial charge on any atom is -0.331 e. The SMILES string of the molecule is C=CCN1C(=O)C(CN(C)C)NCC1(C)C. The van der Waals surface area contributed by atoms with Crippen LogP contribution in [-0.2, 0) is 4.79 Å². The molecule has 1 saturated heterocycles. The molecule has 0 saturated carbocycles.